The molecule has 2 aromatic carbocycles. The molecular weight excluding hydrogens is 352 g/mol. The van der Waals surface area contributed by atoms with Crippen molar-refractivity contribution in [2.24, 2.45) is 0 Å². The standard InChI is InChI=1S/C19H20N2O4S/c1-15-5-2-3-7-19(15)25-17-8-10-18(11-9-17)26(22,23)21-12-4-6-16-13-20-24-14-16/h2-3,5,7-11,13-14,21H,4,6,12H2,1H3. The van der Waals surface area contributed by atoms with E-state index in [9.17, 15) is 8.42 Å². The Morgan fingerprint density at radius 2 is 1.88 bits per heavy atom. The van der Waals surface area contributed by atoms with Gasteiger partial charge in [-0.25, -0.2) is 13.1 Å². The van der Waals surface area contributed by atoms with Gasteiger partial charge in [-0.3, -0.25) is 0 Å². The number of para-hydroxylation sites is 1. The van der Waals surface area contributed by atoms with E-state index < -0.39 is 10.0 Å². The zero-order valence-electron chi connectivity index (χ0n) is 14.4. The molecule has 1 aromatic heterocycles. The van der Waals surface area contributed by atoms with Gasteiger partial charge in [0.2, 0.25) is 10.0 Å². The van der Waals surface area contributed by atoms with Crippen molar-refractivity contribution in [3.63, 3.8) is 0 Å². The Labute approximate surface area is 152 Å². The highest BCUT2D eigenvalue weighted by molar-refractivity contribution is 7.89. The van der Waals surface area contributed by atoms with Gasteiger partial charge in [0, 0.05) is 12.1 Å². The van der Waals surface area contributed by atoms with Gasteiger partial charge in [-0.15, -0.1) is 0 Å². The van der Waals surface area contributed by atoms with Crippen molar-refractivity contribution in [2.75, 3.05) is 6.54 Å². The maximum atomic E-state index is 12.3. The van der Waals surface area contributed by atoms with Crippen LogP contribution in [0, 0.1) is 6.92 Å². The normalized spacial score (nSPS) is 11.4. The van der Waals surface area contributed by atoms with E-state index in [1.807, 2.05) is 31.2 Å². The van der Waals surface area contributed by atoms with Crippen LogP contribution in [-0.2, 0) is 16.4 Å². The average Bonchev–Trinajstić information content (AvgIpc) is 3.15. The van der Waals surface area contributed by atoms with Crippen molar-refractivity contribution in [1.82, 2.24) is 9.88 Å². The SMILES string of the molecule is Cc1ccccc1Oc1ccc(S(=O)(=O)NCCCc2cnoc2)cc1. The van der Waals surface area contributed by atoms with E-state index in [2.05, 4.69) is 9.88 Å². The molecular formula is C19H20N2O4S. The van der Waals surface area contributed by atoms with Gasteiger partial charge in [-0.05, 0) is 55.7 Å². The highest BCUT2D eigenvalue weighted by Gasteiger charge is 2.13. The first-order valence-corrected chi connectivity index (χ1v) is 9.74. The third-order valence-corrected chi connectivity index (χ3v) is 5.35. The first kappa shape index (κ1) is 18.2. The number of hydrogen-bond acceptors (Lipinski definition) is 5. The fourth-order valence-electron chi connectivity index (χ4n) is 2.42. The third-order valence-electron chi connectivity index (χ3n) is 3.87. The van der Waals surface area contributed by atoms with E-state index >= 15 is 0 Å². The van der Waals surface area contributed by atoms with Crippen LogP contribution in [0.3, 0.4) is 0 Å². The molecule has 0 amide bonds. The van der Waals surface area contributed by atoms with Crippen LogP contribution in [0.15, 0.2) is 70.4 Å². The molecule has 1 N–H and O–H groups in total. The Hall–Kier alpha value is -2.64. The summed E-state index contributed by atoms with van der Waals surface area (Å²) in [6.45, 7) is 2.30. The molecule has 0 radical (unpaired) electrons. The molecule has 0 saturated carbocycles. The van der Waals surface area contributed by atoms with E-state index in [1.54, 1.807) is 24.6 Å². The van der Waals surface area contributed by atoms with Crippen molar-refractivity contribution in [3.05, 3.63) is 72.1 Å². The van der Waals surface area contributed by atoms with Crippen LogP contribution in [0.2, 0.25) is 0 Å². The summed E-state index contributed by atoms with van der Waals surface area (Å²) in [5.41, 5.74) is 1.96. The number of nitrogens with zero attached hydrogens (tertiary/aromatic N) is 1. The number of aryl methyl sites for hydroxylation is 2. The fraction of sp³-hybridized carbons (Fsp3) is 0.211. The number of benzene rings is 2. The molecule has 136 valence electrons. The monoisotopic (exact) mass is 372 g/mol. The summed E-state index contributed by atoms with van der Waals surface area (Å²) < 4.78 is 37.8. The van der Waals surface area contributed by atoms with Gasteiger partial charge < -0.3 is 9.26 Å². The van der Waals surface area contributed by atoms with Gasteiger partial charge in [0.1, 0.15) is 17.8 Å². The van der Waals surface area contributed by atoms with Crippen LogP contribution in [0.5, 0.6) is 11.5 Å². The molecule has 3 rings (SSSR count). The number of sulfonamides is 1. The molecule has 0 aliphatic rings. The summed E-state index contributed by atoms with van der Waals surface area (Å²) in [6, 6.07) is 14.0. The van der Waals surface area contributed by atoms with Crippen molar-refractivity contribution < 1.29 is 17.7 Å². The van der Waals surface area contributed by atoms with Gasteiger partial charge in [0.15, 0.2) is 0 Å². The largest absolute Gasteiger partial charge is 0.457 e. The number of aromatic nitrogens is 1. The Morgan fingerprint density at radius 1 is 1.12 bits per heavy atom. The van der Waals surface area contributed by atoms with E-state index in [1.165, 1.54) is 12.1 Å². The number of ether oxygens (including phenoxy) is 1. The maximum Gasteiger partial charge on any atom is 0.240 e. The van der Waals surface area contributed by atoms with E-state index in [-0.39, 0.29) is 4.90 Å². The summed E-state index contributed by atoms with van der Waals surface area (Å²) in [6.07, 6.45) is 4.55. The van der Waals surface area contributed by atoms with Crippen LogP contribution in [-0.4, -0.2) is 20.1 Å². The topological polar surface area (TPSA) is 81.4 Å². The van der Waals surface area contributed by atoms with Gasteiger partial charge in [0.05, 0.1) is 11.1 Å². The van der Waals surface area contributed by atoms with Gasteiger partial charge in [-0.2, -0.15) is 0 Å². The van der Waals surface area contributed by atoms with E-state index in [0.29, 0.717) is 25.1 Å². The molecule has 6 nitrogen and oxygen atoms in total. The maximum absolute atomic E-state index is 12.3. The second-order valence-corrected chi connectivity index (χ2v) is 7.64. The first-order valence-electron chi connectivity index (χ1n) is 8.26. The summed E-state index contributed by atoms with van der Waals surface area (Å²) >= 11 is 0. The Morgan fingerprint density at radius 3 is 2.58 bits per heavy atom. The van der Waals surface area contributed by atoms with Crippen molar-refractivity contribution in [2.45, 2.75) is 24.7 Å². The van der Waals surface area contributed by atoms with Crippen molar-refractivity contribution in [3.8, 4) is 11.5 Å². The third kappa shape index (κ3) is 4.71. The van der Waals surface area contributed by atoms with Crippen LogP contribution >= 0.6 is 0 Å². The Kier molecular flexibility index (Phi) is 5.70. The predicted molar refractivity (Wildman–Crippen MR) is 97.7 cm³/mol. The zero-order chi connectivity index (χ0) is 18.4. The van der Waals surface area contributed by atoms with Crippen molar-refractivity contribution in [1.29, 1.82) is 0 Å². The minimum absolute atomic E-state index is 0.208. The molecule has 0 saturated heterocycles. The van der Waals surface area contributed by atoms with Crippen LogP contribution < -0.4 is 9.46 Å². The average molecular weight is 372 g/mol. The molecule has 26 heavy (non-hydrogen) atoms. The lowest BCUT2D eigenvalue weighted by Crippen LogP contribution is -2.25. The number of hydrogen-bond donors (Lipinski definition) is 1. The lowest BCUT2D eigenvalue weighted by atomic mass is 10.2. The predicted octanol–water partition coefficient (Wildman–Crippen LogP) is 3.69. The molecule has 7 heteroatoms. The highest BCUT2D eigenvalue weighted by Crippen LogP contribution is 2.25. The Bertz CT molecular complexity index is 936. The summed E-state index contributed by atoms with van der Waals surface area (Å²) in [7, 11) is -3.54. The second-order valence-electron chi connectivity index (χ2n) is 5.87. The van der Waals surface area contributed by atoms with E-state index in [4.69, 9.17) is 9.26 Å². The zero-order valence-corrected chi connectivity index (χ0v) is 15.2. The molecule has 0 aliphatic carbocycles. The van der Waals surface area contributed by atoms with Crippen LogP contribution in [0.4, 0.5) is 0 Å². The minimum atomic E-state index is -3.54. The molecule has 0 bridgehead atoms. The lowest BCUT2D eigenvalue weighted by molar-refractivity contribution is 0.418. The van der Waals surface area contributed by atoms with Crippen molar-refractivity contribution >= 4 is 10.0 Å². The molecule has 3 aromatic rings. The van der Waals surface area contributed by atoms with Crippen LogP contribution in [0.25, 0.3) is 0 Å². The van der Waals surface area contributed by atoms with E-state index in [0.717, 1.165) is 16.9 Å². The molecule has 0 fully saturated rings. The summed E-state index contributed by atoms with van der Waals surface area (Å²) in [4.78, 5) is 0.208. The molecule has 0 spiro atoms. The van der Waals surface area contributed by atoms with Crippen LogP contribution in [0.1, 0.15) is 17.5 Å². The summed E-state index contributed by atoms with van der Waals surface area (Å²) in [5.74, 6) is 1.33. The number of nitrogens with one attached hydrogen (secondary N) is 1. The highest BCUT2D eigenvalue weighted by atomic mass is 32.2. The van der Waals surface area contributed by atoms with Gasteiger partial charge in [0.25, 0.3) is 0 Å². The molecule has 0 aliphatic heterocycles. The first-order chi connectivity index (χ1) is 12.5. The number of rotatable bonds is 8. The molecule has 0 unspecified atom stereocenters. The quantitative estimate of drug-likeness (QED) is 0.610. The second kappa shape index (κ2) is 8.16. The van der Waals surface area contributed by atoms with Gasteiger partial charge in [-0.1, -0.05) is 23.4 Å². The molecule has 0 atom stereocenters. The fourth-order valence-corrected chi connectivity index (χ4v) is 3.49. The smallest absolute Gasteiger partial charge is 0.240 e. The lowest BCUT2D eigenvalue weighted by Gasteiger charge is -2.10. The Balaban J connectivity index is 1.57. The summed E-state index contributed by atoms with van der Waals surface area (Å²) in [5, 5.41) is 3.62. The molecule has 1 heterocycles. The minimum Gasteiger partial charge on any atom is -0.457 e. The van der Waals surface area contributed by atoms with Gasteiger partial charge >= 0.3 is 0 Å².